The molecule has 2 aliphatic rings. The highest BCUT2D eigenvalue weighted by Crippen LogP contribution is 2.32. The number of nitrogens with one attached hydrogen (secondary N) is 1. The fourth-order valence-electron chi connectivity index (χ4n) is 3.40. The van der Waals surface area contributed by atoms with Crippen LogP contribution in [0.4, 0.5) is 5.69 Å². The van der Waals surface area contributed by atoms with Gasteiger partial charge < -0.3 is 10.2 Å². The normalized spacial score (nSPS) is 22.1. The first-order chi connectivity index (χ1) is 10.0. The molecule has 0 unspecified atom stereocenters. The summed E-state index contributed by atoms with van der Waals surface area (Å²) in [6.45, 7) is 10.5. The zero-order valence-electron chi connectivity index (χ0n) is 13.9. The van der Waals surface area contributed by atoms with Crippen LogP contribution in [0.2, 0.25) is 0 Å². The molecule has 0 aromatic heterocycles. The van der Waals surface area contributed by atoms with Gasteiger partial charge in [-0.05, 0) is 61.6 Å². The SMILES string of the molecule is Cc1cc(CNC2CC2)ccc1N1CCCC(C)(C)CC1. The van der Waals surface area contributed by atoms with Gasteiger partial charge in [-0.25, -0.2) is 0 Å². The van der Waals surface area contributed by atoms with E-state index < -0.39 is 0 Å². The molecule has 116 valence electrons. The number of aryl methyl sites for hydroxylation is 1. The largest absolute Gasteiger partial charge is 0.371 e. The molecule has 1 aliphatic carbocycles. The lowest BCUT2D eigenvalue weighted by Crippen LogP contribution is -2.26. The summed E-state index contributed by atoms with van der Waals surface area (Å²) in [5.41, 5.74) is 4.82. The van der Waals surface area contributed by atoms with Crippen LogP contribution in [-0.2, 0) is 6.54 Å². The number of hydrogen-bond acceptors (Lipinski definition) is 2. The maximum Gasteiger partial charge on any atom is 0.0396 e. The van der Waals surface area contributed by atoms with Gasteiger partial charge in [0.1, 0.15) is 0 Å². The number of rotatable bonds is 4. The Hall–Kier alpha value is -1.02. The minimum absolute atomic E-state index is 0.511. The highest BCUT2D eigenvalue weighted by Gasteiger charge is 2.24. The third-order valence-corrected chi connectivity index (χ3v) is 5.11. The molecule has 0 radical (unpaired) electrons. The van der Waals surface area contributed by atoms with E-state index in [2.05, 4.69) is 49.2 Å². The summed E-state index contributed by atoms with van der Waals surface area (Å²) in [5.74, 6) is 0. The minimum atomic E-state index is 0.511. The van der Waals surface area contributed by atoms with Gasteiger partial charge in [-0.1, -0.05) is 26.0 Å². The zero-order valence-corrected chi connectivity index (χ0v) is 13.9. The highest BCUT2D eigenvalue weighted by atomic mass is 15.1. The molecule has 1 aromatic rings. The van der Waals surface area contributed by atoms with Gasteiger partial charge in [0, 0.05) is 31.4 Å². The summed E-state index contributed by atoms with van der Waals surface area (Å²) in [6, 6.07) is 7.82. The molecule has 1 heterocycles. The average Bonchev–Trinajstić information content (AvgIpc) is 3.25. The van der Waals surface area contributed by atoms with Crippen LogP contribution in [-0.4, -0.2) is 19.1 Å². The van der Waals surface area contributed by atoms with Crippen molar-refractivity contribution in [1.82, 2.24) is 5.32 Å². The Morgan fingerprint density at radius 3 is 2.71 bits per heavy atom. The lowest BCUT2D eigenvalue weighted by molar-refractivity contribution is 0.325. The maximum absolute atomic E-state index is 3.61. The predicted molar refractivity (Wildman–Crippen MR) is 90.9 cm³/mol. The molecule has 1 aromatic carbocycles. The highest BCUT2D eigenvalue weighted by molar-refractivity contribution is 5.54. The lowest BCUT2D eigenvalue weighted by atomic mass is 9.85. The van der Waals surface area contributed by atoms with Gasteiger partial charge in [0.15, 0.2) is 0 Å². The standard InChI is InChI=1S/C19H30N2/c1-15-13-16(14-20-17-6-7-17)5-8-18(15)21-11-4-9-19(2,3)10-12-21/h5,8,13,17,20H,4,6-7,9-12,14H2,1-3H3. The number of hydrogen-bond donors (Lipinski definition) is 1. The summed E-state index contributed by atoms with van der Waals surface area (Å²) < 4.78 is 0. The molecule has 1 aliphatic heterocycles. The molecule has 0 amide bonds. The van der Waals surface area contributed by atoms with Crippen LogP contribution in [0.3, 0.4) is 0 Å². The number of nitrogens with zero attached hydrogens (tertiary/aromatic N) is 1. The third-order valence-electron chi connectivity index (χ3n) is 5.11. The van der Waals surface area contributed by atoms with Gasteiger partial charge in [0.2, 0.25) is 0 Å². The summed E-state index contributed by atoms with van der Waals surface area (Å²) >= 11 is 0. The van der Waals surface area contributed by atoms with Gasteiger partial charge >= 0.3 is 0 Å². The third kappa shape index (κ3) is 4.00. The first-order valence-electron chi connectivity index (χ1n) is 8.61. The second-order valence-corrected chi connectivity index (χ2v) is 7.78. The van der Waals surface area contributed by atoms with Crippen LogP contribution in [0.25, 0.3) is 0 Å². The Balaban J connectivity index is 1.66. The topological polar surface area (TPSA) is 15.3 Å². The monoisotopic (exact) mass is 286 g/mol. The van der Waals surface area contributed by atoms with E-state index in [0.29, 0.717) is 5.41 Å². The van der Waals surface area contributed by atoms with Crippen molar-refractivity contribution in [2.75, 3.05) is 18.0 Å². The maximum atomic E-state index is 3.61. The fraction of sp³-hybridized carbons (Fsp3) is 0.684. The van der Waals surface area contributed by atoms with Crippen molar-refractivity contribution in [2.24, 2.45) is 5.41 Å². The minimum Gasteiger partial charge on any atom is -0.371 e. The molecule has 1 N–H and O–H groups in total. The Labute approximate surface area is 129 Å². The summed E-state index contributed by atoms with van der Waals surface area (Å²) in [5, 5.41) is 3.61. The van der Waals surface area contributed by atoms with E-state index in [1.54, 1.807) is 0 Å². The molecule has 0 bridgehead atoms. The number of benzene rings is 1. The van der Waals surface area contributed by atoms with Crippen LogP contribution in [0.15, 0.2) is 18.2 Å². The van der Waals surface area contributed by atoms with E-state index >= 15 is 0 Å². The Kier molecular flexibility index (Phi) is 4.26. The summed E-state index contributed by atoms with van der Waals surface area (Å²) in [4.78, 5) is 2.60. The molecule has 3 rings (SSSR count). The summed E-state index contributed by atoms with van der Waals surface area (Å²) in [7, 11) is 0. The van der Waals surface area contributed by atoms with Crippen molar-refractivity contribution >= 4 is 5.69 Å². The molecule has 1 saturated carbocycles. The number of anilines is 1. The van der Waals surface area contributed by atoms with Gasteiger partial charge in [-0.3, -0.25) is 0 Å². The molecule has 2 heteroatoms. The van der Waals surface area contributed by atoms with Crippen molar-refractivity contribution in [3.8, 4) is 0 Å². The second kappa shape index (κ2) is 6.00. The first-order valence-corrected chi connectivity index (χ1v) is 8.61. The molecule has 0 spiro atoms. The van der Waals surface area contributed by atoms with Crippen molar-refractivity contribution in [1.29, 1.82) is 0 Å². The van der Waals surface area contributed by atoms with E-state index in [9.17, 15) is 0 Å². The quantitative estimate of drug-likeness (QED) is 0.889. The lowest BCUT2D eigenvalue weighted by Gasteiger charge is -2.26. The molecule has 1 saturated heterocycles. The van der Waals surface area contributed by atoms with Gasteiger partial charge in [0.05, 0.1) is 0 Å². The van der Waals surface area contributed by atoms with E-state index in [-0.39, 0.29) is 0 Å². The molecule has 2 nitrogen and oxygen atoms in total. The molecular formula is C19H30N2. The Morgan fingerprint density at radius 1 is 1.19 bits per heavy atom. The van der Waals surface area contributed by atoms with Gasteiger partial charge in [0.25, 0.3) is 0 Å². The Morgan fingerprint density at radius 2 is 2.00 bits per heavy atom. The Bertz CT molecular complexity index is 488. The van der Waals surface area contributed by atoms with Crippen LogP contribution >= 0.6 is 0 Å². The van der Waals surface area contributed by atoms with Crippen LogP contribution in [0.5, 0.6) is 0 Å². The van der Waals surface area contributed by atoms with E-state index in [1.807, 2.05) is 0 Å². The second-order valence-electron chi connectivity index (χ2n) is 7.78. The van der Waals surface area contributed by atoms with Gasteiger partial charge in [-0.15, -0.1) is 0 Å². The molecule has 2 fully saturated rings. The summed E-state index contributed by atoms with van der Waals surface area (Å²) in [6.07, 6.45) is 6.70. The fourth-order valence-corrected chi connectivity index (χ4v) is 3.40. The van der Waals surface area contributed by atoms with E-state index in [4.69, 9.17) is 0 Å². The van der Waals surface area contributed by atoms with E-state index in [1.165, 1.54) is 62.0 Å². The molecule has 0 atom stereocenters. The van der Waals surface area contributed by atoms with Crippen LogP contribution < -0.4 is 10.2 Å². The van der Waals surface area contributed by atoms with Crippen LogP contribution in [0, 0.1) is 12.3 Å². The first kappa shape index (κ1) is 14.9. The van der Waals surface area contributed by atoms with Crippen molar-refractivity contribution in [2.45, 2.75) is 65.5 Å². The predicted octanol–water partition coefficient (Wildman–Crippen LogP) is 4.26. The molecule has 21 heavy (non-hydrogen) atoms. The van der Waals surface area contributed by atoms with Crippen molar-refractivity contribution < 1.29 is 0 Å². The van der Waals surface area contributed by atoms with Crippen molar-refractivity contribution in [3.05, 3.63) is 29.3 Å². The van der Waals surface area contributed by atoms with Crippen LogP contribution in [0.1, 0.15) is 57.1 Å². The molecular weight excluding hydrogens is 256 g/mol. The average molecular weight is 286 g/mol. The smallest absolute Gasteiger partial charge is 0.0396 e. The van der Waals surface area contributed by atoms with E-state index in [0.717, 1.165) is 12.6 Å². The van der Waals surface area contributed by atoms with Gasteiger partial charge in [-0.2, -0.15) is 0 Å². The zero-order chi connectivity index (χ0) is 14.9. The van der Waals surface area contributed by atoms with Crippen molar-refractivity contribution in [3.63, 3.8) is 0 Å².